The van der Waals surface area contributed by atoms with Crippen LogP contribution in [0.1, 0.15) is 46.0 Å². The lowest BCUT2D eigenvalue weighted by Gasteiger charge is -2.48. The molecule has 5 aliphatic rings. The normalized spacial score (nSPS) is 45.9. The quantitative estimate of drug-likeness (QED) is 0.347. The zero-order chi connectivity index (χ0) is 23.3. The second-order valence-electron chi connectivity index (χ2n) is 10.3. The monoisotopic (exact) mass is 464 g/mol. The molecule has 32 heavy (non-hydrogen) atoms. The van der Waals surface area contributed by atoms with Crippen molar-refractivity contribution >= 4 is 27.8 Å². The minimum Gasteiger partial charge on any atom is -0.469 e. The number of hydrogen-bond acceptors (Lipinski definition) is 8. The van der Waals surface area contributed by atoms with E-state index in [-0.39, 0.29) is 11.9 Å². The standard InChI is InChI=1S/C23H28O8S/c1-12-9-22-11-23(12,30-13(2)24)8-7-15(22)14-5-6-17-21(3,16(25)10-32(27,28)31-17)18(14)19(22)20(26)29-4/h5,15,17-19H,1,6-11H2,2-4H3/t15?,17-,18?,19-,21-,22+,23+/m1/s1. The molecule has 8 nitrogen and oxygen atoms in total. The van der Waals surface area contributed by atoms with Gasteiger partial charge in [-0.25, -0.2) is 0 Å². The molecule has 7 atom stereocenters. The van der Waals surface area contributed by atoms with E-state index in [2.05, 4.69) is 6.58 Å². The van der Waals surface area contributed by atoms with Crippen LogP contribution in [0.2, 0.25) is 0 Å². The predicted octanol–water partition coefficient (Wildman–Crippen LogP) is 2.09. The van der Waals surface area contributed by atoms with Gasteiger partial charge in [-0.2, -0.15) is 8.42 Å². The molecule has 4 fully saturated rings. The van der Waals surface area contributed by atoms with Crippen LogP contribution in [0.4, 0.5) is 0 Å². The summed E-state index contributed by atoms with van der Waals surface area (Å²) in [6, 6.07) is 0. The topological polar surface area (TPSA) is 113 Å². The molecule has 0 aromatic rings. The number of Topliss-reactive ketones (excluding diaryl/α,β-unsaturated/α-hetero) is 1. The molecular formula is C23H28O8S. The van der Waals surface area contributed by atoms with Crippen LogP contribution in [0, 0.1) is 28.6 Å². The molecule has 5 rings (SSSR count). The second-order valence-corrected chi connectivity index (χ2v) is 11.9. The Morgan fingerprint density at radius 3 is 2.69 bits per heavy atom. The van der Waals surface area contributed by atoms with Gasteiger partial charge >= 0.3 is 11.9 Å². The average Bonchev–Trinajstić information content (AvgIpc) is 3.09. The van der Waals surface area contributed by atoms with Gasteiger partial charge in [-0.3, -0.25) is 18.6 Å². The van der Waals surface area contributed by atoms with Gasteiger partial charge in [-0.1, -0.05) is 18.2 Å². The summed E-state index contributed by atoms with van der Waals surface area (Å²) in [5.74, 6) is -3.14. The number of carbonyl (C=O) groups excluding carboxylic acids is 3. The molecular weight excluding hydrogens is 436 g/mol. The molecule has 4 aliphatic carbocycles. The number of hydrogen-bond donors (Lipinski definition) is 0. The summed E-state index contributed by atoms with van der Waals surface area (Å²) in [7, 11) is -2.62. The van der Waals surface area contributed by atoms with Crippen LogP contribution in [0.3, 0.4) is 0 Å². The Morgan fingerprint density at radius 1 is 1.31 bits per heavy atom. The molecule has 0 radical (unpaired) electrons. The zero-order valence-corrected chi connectivity index (χ0v) is 19.3. The van der Waals surface area contributed by atoms with E-state index >= 15 is 0 Å². The maximum Gasteiger partial charge on any atom is 0.309 e. The number of carbonyl (C=O) groups is 3. The van der Waals surface area contributed by atoms with E-state index in [1.54, 1.807) is 6.92 Å². The van der Waals surface area contributed by atoms with Crippen molar-refractivity contribution in [1.82, 2.24) is 0 Å². The molecule has 174 valence electrons. The number of fused-ring (bicyclic) bond motifs is 5. The summed E-state index contributed by atoms with van der Waals surface area (Å²) >= 11 is 0. The molecule has 1 aliphatic heterocycles. The van der Waals surface area contributed by atoms with Gasteiger partial charge in [-0.15, -0.1) is 0 Å². The minimum atomic E-state index is -3.95. The first-order valence-corrected chi connectivity index (χ1v) is 12.6. The highest BCUT2D eigenvalue weighted by atomic mass is 32.2. The number of allylic oxidation sites excluding steroid dienone is 1. The number of rotatable bonds is 2. The van der Waals surface area contributed by atoms with Crippen LogP contribution in [-0.4, -0.2) is 50.7 Å². The molecule has 2 unspecified atom stereocenters. The van der Waals surface area contributed by atoms with Gasteiger partial charge in [0.05, 0.1) is 24.5 Å². The van der Waals surface area contributed by atoms with E-state index in [4.69, 9.17) is 13.7 Å². The van der Waals surface area contributed by atoms with E-state index in [9.17, 15) is 22.8 Å². The Morgan fingerprint density at radius 2 is 2.03 bits per heavy atom. The Bertz CT molecular complexity index is 1090. The SMILES string of the molecule is C=C1C[C@]23C[C@@]1(OC(C)=O)CCC2C1=CC[C@H]2OS(=O)(=O)CC(=O)[C@@]2(C)C1[C@@H]3C(=O)OC. The summed E-state index contributed by atoms with van der Waals surface area (Å²) in [6.45, 7) is 7.34. The third-order valence-corrected chi connectivity index (χ3v) is 10.0. The first-order valence-electron chi connectivity index (χ1n) is 11.0. The Balaban J connectivity index is 1.67. The maximum absolute atomic E-state index is 13.3. The highest BCUT2D eigenvalue weighted by Crippen LogP contribution is 2.74. The van der Waals surface area contributed by atoms with Gasteiger partial charge in [-0.05, 0) is 55.9 Å². The first kappa shape index (κ1) is 21.8. The molecule has 9 heteroatoms. The van der Waals surface area contributed by atoms with Crippen molar-refractivity contribution < 1.29 is 36.5 Å². The van der Waals surface area contributed by atoms with Crippen LogP contribution >= 0.6 is 0 Å². The number of esters is 2. The second kappa shape index (κ2) is 6.53. The van der Waals surface area contributed by atoms with Crippen LogP contribution in [-0.2, 0) is 38.2 Å². The molecule has 2 bridgehead atoms. The highest BCUT2D eigenvalue weighted by Gasteiger charge is 2.74. The van der Waals surface area contributed by atoms with Gasteiger partial charge in [0.1, 0.15) is 11.4 Å². The van der Waals surface area contributed by atoms with Gasteiger partial charge in [0.2, 0.25) is 0 Å². The maximum atomic E-state index is 13.3. The van der Waals surface area contributed by atoms with Crippen LogP contribution in [0.25, 0.3) is 0 Å². The van der Waals surface area contributed by atoms with Crippen molar-refractivity contribution in [2.24, 2.45) is 28.6 Å². The van der Waals surface area contributed by atoms with Crippen molar-refractivity contribution in [3.63, 3.8) is 0 Å². The fraction of sp³-hybridized carbons (Fsp3) is 0.696. The van der Waals surface area contributed by atoms with Crippen LogP contribution < -0.4 is 0 Å². The fourth-order valence-electron chi connectivity index (χ4n) is 7.73. The molecule has 3 saturated carbocycles. The smallest absolute Gasteiger partial charge is 0.309 e. The molecule has 0 N–H and O–H groups in total. The van der Waals surface area contributed by atoms with Crippen LogP contribution in [0.5, 0.6) is 0 Å². The van der Waals surface area contributed by atoms with Crippen molar-refractivity contribution in [2.45, 2.75) is 57.7 Å². The average molecular weight is 465 g/mol. The molecule has 0 amide bonds. The van der Waals surface area contributed by atoms with Crippen molar-refractivity contribution in [3.05, 3.63) is 23.8 Å². The van der Waals surface area contributed by atoms with E-state index in [1.807, 2.05) is 6.08 Å². The van der Waals surface area contributed by atoms with Gasteiger partial charge in [0.15, 0.2) is 5.78 Å². The van der Waals surface area contributed by atoms with Crippen molar-refractivity contribution in [3.8, 4) is 0 Å². The van der Waals surface area contributed by atoms with Crippen LogP contribution in [0.15, 0.2) is 23.8 Å². The Kier molecular flexibility index (Phi) is 4.45. The number of ether oxygens (including phenoxy) is 2. The third kappa shape index (κ3) is 2.58. The lowest BCUT2D eigenvalue weighted by molar-refractivity contribution is -0.163. The van der Waals surface area contributed by atoms with Crippen molar-refractivity contribution in [1.29, 1.82) is 0 Å². The Labute approximate surface area is 187 Å². The zero-order valence-electron chi connectivity index (χ0n) is 18.5. The molecule has 1 heterocycles. The number of methoxy groups -OCH3 is 1. The van der Waals surface area contributed by atoms with Gasteiger partial charge in [0, 0.05) is 12.8 Å². The summed E-state index contributed by atoms with van der Waals surface area (Å²) in [4.78, 5) is 38.6. The summed E-state index contributed by atoms with van der Waals surface area (Å²) < 4.78 is 40.8. The molecule has 1 saturated heterocycles. The highest BCUT2D eigenvalue weighted by molar-refractivity contribution is 7.87. The Hall–Kier alpha value is -2.00. The van der Waals surface area contributed by atoms with E-state index in [0.29, 0.717) is 32.1 Å². The lowest BCUT2D eigenvalue weighted by atomic mass is 9.59. The summed E-state index contributed by atoms with van der Waals surface area (Å²) in [5, 5.41) is 0. The van der Waals surface area contributed by atoms with Crippen molar-refractivity contribution in [2.75, 3.05) is 12.9 Å². The molecule has 1 spiro atoms. The molecule has 0 aromatic carbocycles. The van der Waals surface area contributed by atoms with E-state index in [0.717, 1.165) is 11.1 Å². The van der Waals surface area contributed by atoms with Gasteiger partial charge < -0.3 is 9.47 Å². The summed E-state index contributed by atoms with van der Waals surface area (Å²) in [6.07, 6.45) is 3.65. The van der Waals surface area contributed by atoms with Gasteiger partial charge in [0.25, 0.3) is 10.1 Å². The summed E-state index contributed by atoms with van der Waals surface area (Å²) in [5.41, 5.74) is -0.767. The van der Waals surface area contributed by atoms with E-state index < -0.39 is 62.0 Å². The number of ketones is 1. The first-order chi connectivity index (χ1) is 14.9. The lowest BCUT2D eigenvalue weighted by Crippen LogP contribution is -2.58. The van der Waals surface area contributed by atoms with E-state index in [1.165, 1.54) is 14.0 Å². The predicted molar refractivity (Wildman–Crippen MR) is 111 cm³/mol. The fourth-order valence-corrected chi connectivity index (χ4v) is 9.06. The third-order valence-electron chi connectivity index (χ3n) is 8.89. The minimum absolute atomic E-state index is 0.00337. The molecule has 0 aromatic heterocycles. The largest absolute Gasteiger partial charge is 0.469 e.